The standard InChI is InChI=1S/C15H25N3/c1-11(2)18-7-6-13(10-18)9-17-15-5-4-12(3)8-14(15)16/h4-5,8,11,13,17H,6-7,9-10,16H2,1-3H3. The summed E-state index contributed by atoms with van der Waals surface area (Å²) in [5, 5.41) is 3.49. The Hall–Kier alpha value is -1.22. The van der Waals surface area contributed by atoms with Gasteiger partial charge in [-0.25, -0.2) is 0 Å². The largest absolute Gasteiger partial charge is 0.397 e. The molecule has 1 saturated heterocycles. The van der Waals surface area contributed by atoms with Crippen LogP contribution in [0.3, 0.4) is 0 Å². The topological polar surface area (TPSA) is 41.3 Å². The summed E-state index contributed by atoms with van der Waals surface area (Å²) in [5.41, 5.74) is 9.15. The SMILES string of the molecule is Cc1ccc(NCC2CCN(C(C)C)C2)c(N)c1. The summed E-state index contributed by atoms with van der Waals surface area (Å²) in [4.78, 5) is 2.55. The lowest BCUT2D eigenvalue weighted by molar-refractivity contribution is 0.266. The maximum Gasteiger partial charge on any atom is 0.0574 e. The van der Waals surface area contributed by atoms with Crippen molar-refractivity contribution in [3.8, 4) is 0 Å². The van der Waals surface area contributed by atoms with Gasteiger partial charge in [-0.1, -0.05) is 6.07 Å². The minimum Gasteiger partial charge on any atom is -0.397 e. The van der Waals surface area contributed by atoms with Gasteiger partial charge in [0.05, 0.1) is 11.4 Å². The van der Waals surface area contributed by atoms with E-state index in [9.17, 15) is 0 Å². The van der Waals surface area contributed by atoms with Crippen molar-refractivity contribution in [2.75, 3.05) is 30.7 Å². The Morgan fingerprint density at radius 3 is 2.83 bits per heavy atom. The molecule has 3 N–H and O–H groups in total. The zero-order valence-corrected chi connectivity index (χ0v) is 11.7. The number of hydrogen-bond acceptors (Lipinski definition) is 3. The number of nitrogens with two attached hydrogens (primary N) is 1. The molecule has 1 aromatic carbocycles. The van der Waals surface area contributed by atoms with Gasteiger partial charge < -0.3 is 16.0 Å². The minimum absolute atomic E-state index is 0.666. The van der Waals surface area contributed by atoms with E-state index in [1.54, 1.807) is 0 Å². The van der Waals surface area contributed by atoms with Gasteiger partial charge in [-0.3, -0.25) is 0 Å². The second kappa shape index (κ2) is 5.61. The summed E-state index contributed by atoms with van der Waals surface area (Å²) in [7, 11) is 0. The summed E-state index contributed by atoms with van der Waals surface area (Å²) in [6, 6.07) is 6.88. The lowest BCUT2D eigenvalue weighted by Gasteiger charge is -2.20. The van der Waals surface area contributed by atoms with Crippen LogP contribution in [0.1, 0.15) is 25.8 Å². The molecule has 0 spiro atoms. The first kappa shape index (κ1) is 13.2. The summed E-state index contributed by atoms with van der Waals surface area (Å²) in [5.74, 6) is 0.744. The zero-order valence-electron chi connectivity index (χ0n) is 11.7. The van der Waals surface area contributed by atoms with Gasteiger partial charge in [0, 0.05) is 19.1 Å². The average Bonchev–Trinajstić information content (AvgIpc) is 2.76. The molecule has 1 aliphatic rings. The van der Waals surface area contributed by atoms with Crippen molar-refractivity contribution in [1.29, 1.82) is 0 Å². The van der Waals surface area contributed by atoms with Crippen LogP contribution in [0, 0.1) is 12.8 Å². The van der Waals surface area contributed by atoms with Gasteiger partial charge in [-0.05, 0) is 57.4 Å². The van der Waals surface area contributed by atoms with Crippen LogP contribution in [0.25, 0.3) is 0 Å². The molecule has 1 heterocycles. The normalized spacial score (nSPS) is 20.6. The fourth-order valence-corrected chi connectivity index (χ4v) is 2.60. The lowest BCUT2D eigenvalue weighted by Crippen LogP contribution is -2.29. The third kappa shape index (κ3) is 3.16. The Bertz CT molecular complexity index is 401. The van der Waals surface area contributed by atoms with E-state index in [2.05, 4.69) is 43.1 Å². The Morgan fingerprint density at radius 1 is 1.44 bits per heavy atom. The molecule has 1 atom stereocenters. The van der Waals surface area contributed by atoms with E-state index >= 15 is 0 Å². The van der Waals surface area contributed by atoms with Crippen molar-refractivity contribution >= 4 is 11.4 Å². The molecule has 1 unspecified atom stereocenters. The van der Waals surface area contributed by atoms with Gasteiger partial charge in [0.1, 0.15) is 0 Å². The van der Waals surface area contributed by atoms with Crippen molar-refractivity contribution in [3.63, 3.8) is 0 Å². The van der Waals surface area contributed by atoms with Gasteiger partial charge in [0.25, 0.3) is 0 Å². The molecule has 0 radical (unpaired) electrons. The first-order chi connectivity index (χ1) is 8.56. The Kier molecular flexibility index (Phi) is 4.12. The molecule has 0 saturated carbocycles. The van der Waals surface area contributed by atoms with Gasteiger partial charge in [-0.15, -0.1) is 0 Å². The monoisotopic (exact) mass is 247 g/mol. The van der Waals surface area contributed by atoms with Crippen LogP contribution in [0.4, 0.5) is 11.4 Å². The van der Waals surface area contributed by atoms with Gasteiger partial charge in [0.15, 0.2) is 0 Å². The lowest BCUT2D eigenvalue weighted by atomic mass is 10.1. The highest BCUT2D eigenvalue weighted by atomic mass is 15.2. The van der Waals surface area contributed by atoms with Crippen molar-refractivity contribution in [2.24, 2.45) is 5.92 Å². The van der Waals surface area contributed by atoms with E-state index in [0.29, 0.717) is 6.04 Å². The Balaban J connectivity index is 1.85. The number of nitrogens with zero attached hydrogens (tertiary/aromatic N) is 1. The van der Waals surface area contributed by atoms with Crippen LogP contribution in [-0.2, 0) is 0 Å². The number of nitrogen functional groups attached to an aromatic ring is 1. The van der Waals surface area contributed by atoms with Crippen LogP contribution in [0.5, 0.6) is 0 Å². The number of likely N-dealkylation sites (tertiary alicyclic amines) is 1. The molecule has 0 aromatic heterocycles. The number of nitrogens with one attached hydrogen (secondary N) is 1. The zero-order chi connectivity index (χ0) is 13.1. The molecule has 0 amide bonds. The fraction of sp³-hybridized carbons (Fsp3) is 0.600. The van der Waals surface area contributed by atoms with Crippen LogP contribution in [-0.4, -0.2) is 30.6 Å². The first-order valence-corrected chi connectivity index (χ1v) is 6.90. The van der Waals surface area contributed by atoms with E-state index in [4.69, 9.17) is 5.73 Å². The molecular weight excluding hydrogens is 222 g/mol. The highest BCUT2D eigenvalue weighted by Crippen LogP contribution is 2.22. The molecule has 0 bridgehead atoms. The fourth-order valence-electron chi connectivity index (χ4n) is 2.60. The number of benzene rings is 1. The molecule has 18 heavy (non-hydrogen) atoms. The van der Waals surface area contributed by atoms with E-state index in [1.165, 1.54) is 25.1 Å². The summed E-state index contributed by atoms with van der Waals surface area (Å²) in [6.07, 6.45) is 1.29. The quantitative estimate of drug-likeness (QED) is 0.804. The van der Waals surface area contributed by atoms with Crippen molar-refractivity contribution < 1.29 is 0 Å². The van der Waals surface area contributed by atoms with Gasteiger partial charge >= 0.3 is 0 Å². The van der Waals surface area contributed by atoms with Crippen LogP contribution >= 0.6 is 0 Å². The molecule has 1 aromatic rings. The van der Waals surface area contributed by atoms with Gasteiger partial charge in [0.2, 0.25) is 0 Å². The predicted molar refractivity (Wildman–Crippen MR) is 78.9 cm³/mol. The highest BCUT2D eigenvalue weighted by Gasteiger charge is 2.23. The number of rotatable bonds is 4. The van der Waals surface area contributed by atoms with E-state index < -0.39 is 0 Å². The third-order valence-electron chi connectivity index (χ3n) is 3.84. The highest BCUT2D eigenvalue weighted by molar-refractivity contribution is 5.66. The maximum atomic E-state index is 6.01. The van der Waals surface area contributed by atoms with Crippen LogP contribution in [0.15, 0.2) is 18.2 Å². The molecule has 1 aliphatic heterocycles. The van der Waals surface area contributed by atoms with E-state index in [1.807, 2.05) is 6.07 Å². The molecule has 0 aliphatic carbocycles. The number of aryl methyl sites for hydroxylation is 1. The second-order valence-electron chi connectivity index (χ2n) is 5.71. The predicted octanol–water partition coefficient (Wildman–Crippen LogP) is 2.72. The summed E-state index contributed by atoms with van der Waals surface area (Å²) in [6.45, 7) is 10.1. The average molecular weight is 247 g/mol. The molecule has 2 rings (SSSR count). The second-order valence-corrected chi connectivity index (χ2v) is 5.71. The van der Waals surface area contributed by atoms with Crippen LogP contribution < -0.4 is 11.1 Å². The minimum atomic E-state index is 0.666. The molecule has 100 valence electrons. The third-order valence-corrected chi connectivity index (χ3v) is 3.84. The Morgan fingerprint density at radius 2 is 2.22 bits per heavy atom. The molecule has 1 fully saturated rings. The van der Waals surface area contributed by atoms with Crippen molar-refractivity contribution in [1.82, 2.24) is 4.90 Å². The molecule has 3 nitrogen and oxygen atoms in total. The van der Waals surface area contributed by atoms with Crippen LogP contribution in [0.2, 0.25) is 0 Å². The Labute approximate surface area is 110 Å². The van der Waals surface area contributed by atoms with Crippen molar-refractivity contribution in [2.45, 2.75) is 33.2 Å². The first-order valence-electron chi connectivity index (χ1n) is 6.90. The number of hydrogen-bond donors (Lipinski definition) is 2. The number of anilines is 2. The van der Waals surface area contributed by atoms with E-state index in [-0.39, 0.29) is 0 Å². The van der Waals surface area contributed by atoms with Gasteiger partial charge in [-0.2, -0.15) is 0 Å². The molecule has 3 heteroatoms. The van der Waals surface area contributed by atoms with Crippen molar-refractivity contribution in [3.05, 3.63) is 23.8 Å². The maximum absolute atomic E-state index is 6.01. The smallest absolute Gasteiger partial charge is 0.0574 e. The summed E-state index contributed by atoms with van der Waals surface area (Å²) >= 11 is 0. The molecular formula is C15H25N3. The summed E-state index contributed by atoms with van der Waals surface area (Å²) < 4.78 is 0. The van der Waals surface area contributed by atoms with E-state index in [0.717, 1.165) is 23.8 Å².